The van der Waals surface area contributed by atoms with Crippen molar-refractivity contribution in [1.82, 2.24) is 4.57 Å². The molecule has 0 amide bonds. The van der Waals surface area contributed by atoms with Crippen molar-refractivity contribution in [2.75, 3.05) is 6.61 Å². The largest absolute Gasteiger partial charge is 0.416 e. The molecule has 0 N–H and O–H groups in total. The van der Waals surface area contributed by atoms with Gasteiger partial charge < -0.3 is 9.30 Å². The zero-order valence-corrected chi connectivity index (χ0v) is 14.0. The molecule has 2 aromatic rings. The molecule has 0 saturated carbocycles. The summed E-state index contributed by atoms with van der Waals surface area (Å²) in [4.78, 5) is 0. The third-order valence-electron chi connectivity index (χ3n) is 3.61. The van der Waals surface area contributed by atoms with Gasteiger partial charge in [-0.05, 0) is 48.9 Å². The lowest BCUT2D eigenvalue weighted by molar-refractivity contribution is -0.143. The van der Waals surface area contributed by atoms with Crippen molar-refractivity contribution in [3.8, 4) is 6.07 Å². The van der Waals surface area contributed by atoms with Crippen LogP contribution < -0.4 is 0 Å². The van der Waals surface area contributed by atoms with Crippen LogP contribution in [0, 0.1) is 11.3 Å². The van der Waals surface area contributed by atoms with E-state index in [2.05, 4.69) is 0 Å². The fourth-order valence-electron chi connectivity index (χ4n) is 2.30. The van der Waals surface area contributed by atoms with Crippen molar-refractivity contribution in [3.63, 3.8) is 0 Å². The summed E-state index contributed by atoms with van der Waals surface area (Å²) >= 11 is 0. The molecule has 3 nitrogen and oxygen atoms in total. The van der Waals surface area contributed by atoms with Crippen LogP contribution in [-0.4, -0.2) is 11.2 Å². The van der Waals surface area contributed by atoms with Crippen molar-refractivity contribution >= 4 is 11.6 Å². The maximum atomic E-state index is 13.0. The number of hydrogen-bond acceptors (Lipinski definition) is 2. The van der Waals surface area contributed by atoms with Gasteiger partial charge in [-0.25, -0.2) is 0 Å². The molecule has 1 aromatic heterocycles. The Hall–Kier alpha value is -2.73. The van der Waals surface area contributed by atoms with Crippen molar-refractivity contribution in [2.24, 2.45) is 0 Å². The van der Waals surface area contributed by atoms with Crippen molar-refractivity contribution in [3.05, 3.63) is 58.9 Å². The summed E-state index contributed by atoms with van der Waals surface area (Å²) in [5.74, 6) is 0. The van der Waals surface area contributed by atoms with Gasteiger partial charge in [-0.3, -0.25) is 0 Å². The van der Waals surface area contributed by atoms with Gasteiger partial charge in [0, 0.05) is 18.5 Å². The highest BCUT2D eigenvalue weighted by Crippen LogP contribution is 2.37. The van der Waals surface area contributed by atoms with Crippen molar-refractivity contribution in [1.29, 1.82) is 5.26 Å². The fraction of sp³-hybridized carbons (Fsp3) is 0.278. The number of nitrogens with zero attached hydrogens (tertiary/aromatic N) is 2. The van der Waals surface area contributed by atoms with Crippen LogP contribution in [0.15, 0.2) is 36.5 Å². The van der Waals surface area contributed by atoms with Crippen LogP contribution in [0.5, 0.6) is 0 Å². The molecule has 27 heavy (non-hydrogen) atoms. The molecule has 2 rings (SSSR count). The highest BCUT2D eigenvalue weighted by atomic mass is 19.4. The number of nitriles is 1. The quantitative estimate of drug-likeness (QED) is 0.495. The fourth-order valence-corrected chi connectivity index (χ4v) is 2.30. The number of allylic oxidation sites excluding steroid dienone is 1. The zero-order valence-electron chi connectivity index (χ0n) is 14.0. The van der Waals surface area contributed by atoms with Gasteiger partial charge in [0.05, 0.1) is 22.8 Å². The Labute approximate surface area is 151 Å². The summed E-state index contributed by atoms with van der Waals surface area (Å²) in [6, 6.07) is 5.93. The first-order valence-corrected chi connectivity index (χ1v) is 7.70. The van der Waals surface area contributed by atoms with E-state index >= 15 is 0 Å². The van der Waals surface area contributed by atoms with E-state index < -0.39 is 29.0 Å². The predicted octanol–water partition coefficient (Wildman–Crippen LogP) is 5.58. The number of alkyl halides is 6. The molecule has 1 heterocycles. The molecule has 9 heteroatoms. The second kappa shape index (κ2) is 7.88. The highest BCUT2D eigenvalue weighted by Gasteiger charge is 2.37. The van der Waals surface area contributed by atoms with Crippen LogP contribution in [0.25, 0.3) is 11.6 Å². The van der Waals surface area contributed by atoms with Gasteiger partial charge in [-0.1, -0.05) is 0 Å². The van der Waals surface area contributed by atoms with Crippen LogP contribution in [-0.2, 0) is 23.8 Å². The Balaban J connectivity index is 2.57. The molecule has 0 fully saturated rings. The van der Waals surface area contributed by atoms with E-state index in [0.29, 0.717) is 24.4 Å². The van der Waals surface area contributed by atoms with E-state index in [0.717, 1.165) is 0 Å². The summed E-state index contributed by atoms with van der Waals surface area (Å²) in [6.07, 6.45) is -7.13. The molecule has 0 bridgehead atoms. The van der Waals surface area contributed by atoms with Crippen LogP contribution in [0.2, 0.25) is 0 Å². The molecule has 1 aromatic carbocycles. The molecule has 0 aliphatic heterocycles. The van der Waals surface area contributed by atoms with E-state index in [1.807, 2.05) is 0 Å². The average molecular weight is 388 g/mol. The van der Waals surface area contributed by atoms with E-state index in [9.17, 15) is 31.6 Å². The Morgan fingerprint density at radius 1 is 1.11 bits per heavy atom. The van der Waals surface area contributed by atoms with Crippen LogP contribution >= 0.6 is 0 Å². The summed E-state index contributed by atoms with van der Waals surface area (Å²) in [5.41, 5.74) is -3.34. The molecule has 144 valence electrons. The standard InChI is InChI=1S/C18H14F6N2O/c1-2-27-11-26-5-3-4-16(26)8-13(10-25)12-6-14(17(19,20)21)9-15(7-12)18(22,23)24/h3-9H,2,11H2,1H3/b13-8+. The third-order valence-corrected chi connectivity index (χ3v) is 3.61. The number of ether oxygens (including phenoxy) is 1. The number of halogens is 6. The number of aromatic nitrogens is 1. The van der Waals surface area contributed by atoms with Crippen LogP contribution in [0.3, 0.4) is 0 Å². The minimum atomic E-state index is -4.98. The van der Waals surface area contributed by atoms with Gasteiger partial charge in [0.1, 0.15) is 6.73 Å². The molecule has 0 aliphatic carbocycles. The van der Waals surface area contributed by atoms with Gasteiger partial charge in [0.25, 0.3) is 0 Å². The summed E-state index contributed by atoms with van der Waals surface area (Å²) in [5, 5.41) is 9.31. The molecule has 0 saturated heterocycles. The third kappa shape index (κ3) is 5.14. The SMILES string of the molecule is CCOCn1cccc1/C=C(\C#N)c1cc(C(F)(F)F)cc(C(F)(F)F)c1. The minimum Gasteiger partial charge on any atom is -0.361 e. The Morgan fingerprint density at radius 3 is 2.19 bits per heavy atom. The molecule has 0 radical (unpaired) electrons. The molecule has 0 unspecified atom stereocenters. The monoisotopic (exact) mass is 388 g/mol. The second-order valence-corrected chi connectivity index (χ2v) is 5.49. The summed E-state index contributed by atoms with van der Waals surface area (Å²) in [7, 11) is 0. The Morgan fingerprint density at radius 2 is 1.70 bits per heavy atom. The first kappa shape index (κ1) is 20.6. The average Bonchev–Trinajstić information content (AvgIpc) is 3.02. The second-order valence-electron chi connectivity index (χ2n) is 5.49. The van der Waals surface area contributed by atoms with Crippen LogP contribution in [0.1, 0.15) is 29.3 Å². The molecular weight excluding hydrogens is 374 g/mol. The molecular formula is C18H14F6N2O. The lowest BCUT2D eigenvalue weighted by atomic mass is 9.99. The lowest BCUT2D eigenvalue weighted by Gasteiger charge is -2.14. The number of rotatable bonds is 5. The van der Waals surface area contributed by atoms with Crippen molar-refractivity contribution in [2.45, 2.75) is 26.0 Å². The smallest absolute Gasteiger partial charge is 0.361 e. The van der Waals surface area contributed by atoms with Gasteiger partial charge in [0.15, 0.2) is 0 Å². The van der Waals surface area contributed by atoms with E-state index in [1.54, 1.807) is 35.9 Å². The van der Waals surface area contributed by atoms with E-state index in [1.165, 1.54) is 6.08 Å². The first-order valence-electron chi connectivity index (χ1n) is 7.70. The highest BCUT2D eigenvalue weighted by molar-refractivity contribution is 5.89. The maximum absolute atomic E-state index is 13.0. The van der Waals surface area contributed by atoms with Gasteiger partial charge in [-0.2, -0.15) is 31.6 Å². The molecule has 0 atom stereocenters. The van der Waals surface area contributed by atoms with Gasteiger partial charge in [0.2, 0.25) is 0 Å². The minimum absolute atomic E-state index is 0.0241. The number of benzene rings is 1. The Kier molecular flexibility index (Phi) is 6.01. The van der Waals surface area contributed by atoms with Gasteiger partial charge in [-0.15, -0.1) is 0 Å². The predicted molar refractivity (Wildman–Crippen MR) is 86.0 cm³/mol. The van der Waals surface area contributed by atoms with E-state index in [-0.39, 0.29) is 18.4 Å². The summed E-state index contributed by atoms with van der Waals surface area (Å²) in [6.45, 7) is 2.31. The molecule has 0 spiro atoms. The zero-order chi connectivity index (χ0) is 20.2. The Bertz CT molecular complexity index is 839. The number of hydrogen-bond donors (Lipinski definition) is 0. The maximum Gasteiger partial charge on any atom is 0.416 e. The first-order chi connectivity index (χ1) is 12.6. The van der Waals surface area contributed by atoms with E-state index in [4.69, 9.17) is 4.74 Å². The topological polar surface area (TPSA) is 38.0 Å². The lowest BCUT2D eigenvalue weighted by Crippen LogP contribution is -2.11. The van der Waals surface area contributed by atoms with Crippen molar-refractivity contribution < 1.29 is 31.1 Å². The summed E-state index contributed by atoms with van der Waals surface area (Å²) < 4.78 is 84.8. The van der Waals surface area contributed by atoms with Gasteiger partial charge >= 0.3 is 12.4 Å². The normalized spacial score (nSPS) is 12.9. The molecule has 0 aliphatic rings. The van der Waals surface area contributed by atoms with Crippen LogP contribution in [0.4, 0.5) is 26.3 Å².